The van der Waals surface area contributed by atoms with Gasteiger partial charge in [0.15, 0.2) is 11.5 Å². The Morgan fingerprint density at radius 1 is 1.00 bits per heavy atom. The van der Waals surface area contributed by atoms with Crippen molar-refractivity contribution in [3.8, 4) is 11.5 Å². The highest BCUT2D eigenvalue weighted by atomic mass is 16.5. The fourth-order valence-corrected chi connectivity index (χ4v) is 3.47. The van der Waals surface area contributed by atoms with Crippen LogP contribution in [0.4, 0.5) is 0 Å². The smallest absolute Gasteiger partial charge is 0.251 e. The van der Waals surface area contributed by atoms with Crippen molar-refractivity contribution < 1.29 is 14.3 Å². The molecular formula is C22H28N2O3. The first-order valence-corrected chi connectivity index (χ1v) is 9.50. The molecule has 3 rings (SSSR count). The minimum absolute atomic E-state index is 0.0289. The van der Waals surface area contributed by atoms with Crippen molar-refractivity contribution in [2.75, 3.05) is 33.9 Å². The zero-order chi connectivity index (χ0) is 19.1. The van der Waals surface area contributed by atoms with Crippen molar-refractivity contribution in [3.63, 3.8) is 0 Å². The van der Waals surface area contributed by atoms with Crippen molar-refractivity contribution in [1.29, 1.82) is 0 Å². The van der Waals surface area contributed by atoms with E-state index < -0.39 is 0 Å². The van der Waals surface area contributed by atoms with Crippen LogP contribution in [0.25, 0.3) is 0 Å². The fraction of sp³-hybridized carbons (Fsp3) is 0.409. The monoisotopic (exact) mass is 368 g/mol. The van der Waals surface area contributed by atoms with Gasteiger partial charge in [-0.05, 0) is 67.7 Å². The minimum atomic E-state index is -0.0289. The van der Waals surface area contributed by atoms with Gasteiger partial charge in [-0.25, -0.2) is 0 Å². The Bertz CT molecular complexity index is 770. The fourth-order valence-electron chi connectivity index (χ4n) is 3.47. The molecule has 0 bridgehead atoms. The van der Waals surface area contributed by atoms with Crippen LogP contribution in [-0.4, -0.2) is 44.7 Å². The van der Waals surface area contributed by atoms with Crippen LogP contribution in [-0.2, 0) is 13.0 Å². The molecule has 0 radical (unpaired) electrons. The molecule has 2 aromatic rings. The minimum Gasteiger partial charge on any atom is -0.493 e. The molecule has 0 unspecified atom stereocenters. The SMILES string of the molecule is COc1ccc(CCNC(=O)c2cccc(CN3CCCC3)c2)cc1OC. The maximum Gasteiger partial charge on any atom is 0.251 e. The summed E-state index contributed by atoms with van der Waals surface area (Å²) >= 11 is 0. The first-order chi connectivity index (χ1) is 13.2. The van der Waals surface area contributed by atoms with E-state index >= 15 is 0 Å². The number of nitrogens with zero attached hydrogens (tertiary/aromatic N) is 1. The lowest BCUT2D eigenvalue weighted by Gasteiger charge is -2.15. The highest BCUT2D eigenvalue weighted by Crippen LogP contribution is 2.27. The molecule has 0 aromatic heterocycles. The number of ether oxygens (including phenoxy) is 2. The Labute approximate surface area is 161 Å². The molecule has 1 N–H and O–H groups in total. The number of carbonyl (C=O) groups is 1. The van der Waals surface area contributed by atoms with E-state index in [1.807, 2.05) is 36.4 Å². The Morgan fingerprint density at radius 3 is 2.52 bits per heavy atom. The molecule has 1 aliphatic rings. The number of carbonyl (C=O) groups excluding carboxylic acids is 1. The van der Waals surface area contributed by atoms with Gasteiger partial charge < -0.3 is 14.8 Å². The lowest BCUT2D eigenvalue weighted by Crippen LogP contribution is -2.26. The number of hydrogen-bond donors (Lipinski definition) is 1. The van der Waals surface area contributed by atoms with E-state index in [1.165, 1.54) is 18.4 Å². The molecule has 5 nitrogen and oxygen atoms in total. The van der Waals surface area contributed by atoms with Crippen molar-refractivity contribution in [2.45, 2.75) is 25.8 Å². The van der Waals surface area contributed by atoms with E-state index in [0.717, 1.165) is 37.2 Å². The third-order valence-electron chi connectivity index (χ3n) is 4.94. The van der Waals surface area contributed by atoms with E-state index in [2.05, 4.69) is 16.3 Å². The van der Waals surface area contributed by atoms with Gasteiger partial charge in [0.2, 0.25) is 0 Å². The average molecular weight is 368 g/mol. The van der Waals surface area contributed by atoms with Gasteiger partial charge in [0.1, 0.15) is 0 Å². The molecule has 0 spiro atoms. The molecule has 1 fully saturated rings. The van der Waals surface area contributed by atoms with Crippen molar-refractivity contribution >= 4 is 5.91 Å². The third-order valence-corrected chi connectivity index (χ3v) is 4.94. The van der Waals surface area contributed by atoms with Crippen molar-refractivity contribution in [1.82, 2.24) is 10.2 Å². The molecule has 1 heterocycles. The molecule has 1 amide bonds. The summed E-state index contributed by atoms with van der Waals surface area (Å²) in [6.45, 7) is 3.81. The molecule has 0 atom stereocenters. The average Bonchev–Trinajstić information content (AvgIpc) is 3.21. The highest BCUT2D eigenvalue weighted by molar-refractivity contribution is 5.94. The second-order valence-corrected chi connectivity index (χ2v) is 6.88. The normalized spacial score (nSPS) is 14.1. The molecule has 1 aliphatic heterocycles. The van der Waals surface area contributed by atoms with Crippen LogP contribution in [0.1, 0.15) is 34.3 Å². The van der Waals surface area contributed by atoms with Crippen LogP contribution in [0, 0.1) is 0 Å². The first kappa shape index (κ1) is 19.2. The summed E-state index contributed by atoms with van der Waals surface area (Å²) in [6.07, 6.45) is 3.28. The summed E-state index contributed by atoms with van der Waals surface area (Å²) in [5.41, 5.74) is 3.01. The van der Waals surface area contributed by atoms with Crippen LogP contribution >= 0.6 is 0 Å². The Kier molecular flexibility index (Phi) is 6.71. The number of hydrogen-bond acceptors (Lipinski definition) is 4. The maximum atomic E-state index is 12.5. The van der Waals surface area contributed by atoms with Crippen LogP contribution in [0.15, 0.2) is 42.5 Å². The molecule has 5 heteroatoms. The van der Waals surface area contributed by atoms with Crippen LogP contribution in [0.5, 0.6) is 11.5 Å². The molecule has 0 saturated carbocycles. The number of methoxy groups -OCH3 is 2. The Morgan fingerprint density at radius 2 is 1.78 bits per heavy atom. The number of nitrogens with one attached hydrogen (secondary N) is 1. The van der Waals surface area contributed by atoms with Crippen LogP contribution < -0.4 is 14.8 Å². The van der Waals surface area contributed by atoms with E-state index in [9.17, 15) is 4.79 Å². The highest BCUT2D eigenvalue weighted by Gasteiger charge is 2.13. The second kappa shape index (κ2) is 9.42. The lowest BCUT2D eigenvalue weighted by molar-refractivity contribution is 0.0954. The summed E-state index contributed by atoms with van der Waals surface area (Å²) in [6, 6.07) is 13.8. The van der Waals surface area contributed by atoms with Crippen molar-refractivity contribution in [2.24, 2.45) is 0 Å². The largest absolute Gasteiger partial charge is 0.493 e. The molecule has 27 heavy (non-hydrogen) atoms. The van der Waals surface area contributed by atoms with E-state index in [0.29, 0.717) is 18.0 Å². The van der Waals surface area contributed by atoms with Gasteiger partial charge in [0.05, 0.1) is 14.2 Å². The molecular weight excluding hydrogens is 340 g/mol. The number of likely N-dealkylation sites (tertiary alicyclic amines) is 1. The van der Waals surface area contributed by atoms with Gasteiger partial charge >= 0.3 is 0 Å². The zero-order valence-corrected chi connectivity index (χ0v) is 16.2. The predicted octanol–water partition coefficient (Wildman–Crippen LogP) is 3.27. The summed E-state index contributed by atoms with van der Waals surface area (Å²) in [7, 11) is 3.24. The molecule has 144 valence electrons. The molecule has 0 aliphatic carbocycles. The second-order valence-electron chi connectivity index (χ2n) is 6.88. The topological polar surface area (TPSA) is 50.8 Å². The van der Waals surface area contributed by atoms with Gasteiger partial charge in [-0.1, -0.05) is 18.2 Å². The van der Waals surface area contributed by atoms with Crippen LogP contribution in [0.3, 0.4) is 0 Å². The quantitative estimate of drug-likeness (QED) is 0.777. The van der Waals surface area contributed by atoms with Gasteiger partial charge in [0, 0.05) is 18.7 Å². The van der Waals surface area contributed by atoms with Crippen LogP contribution in [0.2, 0.25) is 0 Å². The summed E-state index contributed by atoms with van der Waals surface area (Å²) in [5.74, 6) is 1.38. The lowest BCUT2D eigenvalue weighted by atomic mass is 10.1. The summed E-state index contributed by atoms with van der Waals surface area (Å²) in [4.78, 5) is 14.9. The van der Waals surface area contributed by atoms with Crippen molar-refractivity contribution in [3.05, 3.63) is 59.2 Å². The van der Waals surface area contributed by atoms with E-state index in [4.69, 9.17) is 9.47 Å². The Balaban J connectivity index is 1.53. The molecule has 2 aromatic carbocycles. The number of rotatable bonds is 8. The number of benzene rings is 2. The molecule has 1 saturated heterocycles. The van der Waals surface area contributed by atoms with E-state index in [-0.39, 0.29) is 5.91 Å². The standard InChI is InChI=1S/C22H28N2O3/c1-26-20-9-8-17(15-21(20)27-2)10-11-23-22(25)19-7-5-6-18(14-19)16-24-12-3-4-13-24/h5-9,14-15H,3-4,10-13,16H2,1-2H3,(H,23,25). The van der Waals surface area contributed by atoms with Gasteiger partial charge in [-0.15, -0.1) is 0 Å². The maximum absolute atomic E-state index is 12.5. The zero-order valence-electron chi connectivity index (χ0n) is 16.2. The third kappa shape index (κ3) is 5.23. The Hall–Kier alpha value is -2.53. The van der Waals surface area contributed by atoms with Gasteiger partial charge in [-0.2, -0.15) is 0 Å². The summed E-state index contributed by atoms with van der Waals surface area (Å²) < 4.78 is 10.6. The number of amides is 1. The predicted molar refractivity (Wildman–Crippen MR) is 107 cm³/mol. The van der Waals surface area contributed by atoms with Gasteiger partial charge in [-0.3, -0.25) is 9.69 Å². The summed E-state index contributed by atoms with van der Waals surface area (Å²) in [5, 5.41) is 3.01. The first-order valence-electron chi connectivity index (χ1n) is 9.50. The van der Waals surface area contributed by atoms with E-state index in [1.54, 1.807) is 14.2 Å². The van der Waals surface area contributed by atoms with Gasteiger partial charge in [0.25, 0.3) is 5.91 Å².